The van der Waals surface area contributed by atoms with E-state index in [9.17, 15) is 4.79 Å². The van der Waals surface area contributed by atoms with Crippen LogP contribution in [0.1, 0.15) is 23.5 Å². The van der Waals surface area contributed by atoms with Crippen molar-refractivity contribution in [2.75, 3.05) is 0 Å². The predicted molar refractivity (Wildman–Crippen MR) is 70.3 cm³/mol. The maximum atomic E-state index is 11.1. The molecule has 2 aromatic rings. The van der Waals surface area contributed by atoms with Crippen LogP contribution in [0.5, 0.6) is 5.88 Å². The highest BCUT2D eigenvalue weighted by Crippen LogP contribution is 2.32. The van der Waals surface area contributed by atoms with Crippen molar-refractivity contribution in [2.24, 2.45) is 0 Å². The molecule has 18 heavy (non-hydrogen) atoms. The summed E-state index contributed by atoms with van der Waals surface area (Å²) in [7, 11) is 0. The van der Waals surface area contributed by atoms with Crippen molar-refractivity contribution in [2.45, 2.75) is 20.0 Å². The fourth-order valence-electron chi connectivity index (χ4n) is 1.45. The number of thiazole rings is 1. The fraction of sp³-hybridized carbons (Fsp3) is 0.231. The molecule has 94 valence electrons. The van der Waals surface area contributed by atoms with Crippen molar-refractivity contribution in [3.05, 3.63) is 35.2 Å². The lowest BCUT2D eigenvalue weighted by molar-refractivity contribution is 0.0695. The number of aromatic carboxylic acids is 1. The molecule has 1 heterocycles. The molecule has 0 saturated carbocycles. The topological polar surface area (TPSA) is 59.4 Å². The molecular weight excluding hydrogens is 250 g/mol. The highest BCUT2D eigenvalue weighted by molar-refractivity contribution is 7.17. The molecule has 4 nitrogen and oxygen atoms in total. The van der Waals surface area contributed by atoms with Crippen LogP contribution in [-0.4, -0.2) is 22.2 Å². The van der Waals surface area contributed by atoms with Gasteiger partial charge in [0.1, 0.15) is 5.01 Å². The first-order chi connectivity index (χ1) is 8.58. The Hall–Kier alpha value is -1.88. The van der Waals surface area contributed by atoms with E-state index >= 15 is 0 Å². The molecule has 0 aliphatic rings. The number of carbonyl (C=O) groups is 1. The minimum atomic E-state index is -1.01. The second kappa shape index (κ2) is 5.18. The SMILES string of the molecule is CC(C)Oc1nc(-c2ccccc2)sc1C(=O)O. The van der Waals surface area contributed by atoms with Gasteiger partial charge in [0.15, 0.2) is 4.88 Å². The molecule has 5 heteroatoms. The van der Waals surface area contributed by atoms with Crippen LogP contribution < -0.4 is 4.74 Å². The second-order valence-electron chi connectivity index (χ2n) is 3.99. The van der Waals surface area contributed by atoms with Gasteiger partial charge in [-0.3, -0.25) is 0 Å². The summed E-state index contributed by atoms with van der Waals surface area (Å²) in [6.45, 7) is 3.68. The van der Waals surface area contributed by atoms with Gasteiger partial charge in [-0.1, -0.05) is 30.3 Å². The molecule has 0 atom stereocenters. The third kappa shape index (κ3) is 2.68. The van der Waals surface area contributed by atoms with Crippen molar-refractivity contribution in [1.82, 2.24) is 4.98 Å². The van der Waals surface area contributed by atoms with Crippen LogP contribution in [0.3, 0.4) is 0 Å². The maximum absolute atomic E-state index is 11.1. The van der Waals surface area contributed by atoms with Crippen molar-refractivity contribution < 1.29 is 14.6 Å². The number of nitrogens with zero attached hydrogens (tertiary/aromatic N) is 1. The maximum Gasteiger partial charge on any atom is 0.351 e. The summed E-state index contributed by atoms with van der Waals surface area (Å²) in [5.74, 6) is -0.813. The van der Waals surface area contributed by atoms with Gasteiger partial charge in [-0.15, -0.1) is 11.3 Å². The van der Waals surface area contributed by atoms with E-state index in [2.05, 4.69) is 4.98 Å². The van der Waals surface area contributed by atoms with Crippen molar-refractivity contribution >= 4 is 17.3 Å². The first-order valence-electron chi connectivity index (χ1n) is 5.54. The Balaban J connectivity index is 2.42. The molecule has 0 radical (unpaired) electrons. The number of carboxylic acid groups (broad SMARTS) is 1. The first kappa shape index (κ1) is 12.6. The smallest absolute Gasteiger partial charge is 0.351 e. The molecule has 1 N–H and O–H groups in total. The Labute approximate surface area is 109 Å². The third-order valence-electron chi connectivity index (χ3n) is 2.16. The largest absolute Gasteiger partial charge is 0.477 e. The van der Waals surface area contributed by atoms with Crippen LogP contribution in [-0.2, 0) is 0 Å². The Kier molecular flexibility index (Phi) is 3.62. The second-order valence-corrected chi connectivity index (χ2v) is 4.99. The molecule has 0 bridgehead atoms. The van der Waals surface area contributed by atoms with Crippen LogP contribution in [0.4, 0.5) is 0 Å². The monoisotopic (exact) mass is 263 g/mol. The Morgan fingerprint density at radius 2 is 2.00 bits per heavy atom. The van der Waals surface area contributed by atoms with E-state index in [-0.39, 0.29) is 16.9 Å². The van der Waals surface area contributed by atoms with E-state index in [0.717, 1.165) is 16.9 Å². The summed E-state index contributed by atoms with van der Waals surface area (Å²) in [6.07, 6.45) is -0.103. The van der Waals surface area contributed by atoms with E-state index in [1.54, 1.807) is 0 Å². The average molecular weight is 263 g/mol. The van der Waals surface area contributed by atoms with Gasteiger partial charge in [-0.2, -0.15) is 0 Å². The molecule has 0 fully saturated rings. The van der Waals surface area contributed by atoms with Gasteiger partial charge in [0.25, 0.3) is 0 Å². The van der Waals surface area contributed by atoms with Gasteiger partial charge in [0.2, 0.25) is 5.88 Å². The predicted octanol–water partition coefficient (Wildman–Crippen LogP) is 3.30. The molecule has 0 spiro atoms. The molecule has 2 rings (SSSR count). The van der Waals surface area contributed by atoms with Crippen molar-refractivity contribution in [3.63, 3.8) is 0 Å². The average Bonchev–Trinajstić information content (AvgIpc) is 2.73. The van der Waals surface area contributed by atoms with Crippen LogP contribution in [0.15, 0.2) is 30.3 Å². The molecule has 1 aromatic carbocycles. The number of aromatic nitrogens is 1. The standard InChI is InChI=1S/C13H13NO3S/c1-8(2)17-11-10(13(15)16)18-12(14-11)9-6-4-3-5-7-9/h3-8H,1-2H3,(H,15,16). The van der Waals surface area contributed by atoms with E-state index in [0.29, 0.717) is 5.01 Å². The van der Waals surface area contributed by atoms with E-state index in [4.69, 9.17) is 9.84 Å². The number of hydrogen-bond acceptors (Lipinski definition) is 4. The van der Waals surface area contributed by atoms with Gasteiger partial charge in [-0.25, -0.2) is 9.78 Å². The lowest BCUT2D eigenvalue weighted by Crippen LogP contribution is -2.08. The highest BCUT2D eigenvalue weighted by Gasteiger charge is 2.20. The van der Waals surface area contributed by atoms with Gasteiger partial charge in [0, 0.05) is 5.56 Å². The molecule has 1 aromatic heterocycles. The Morgan fingerprint density at radius 1 is 1.33 bits per heavy atom. The molecule has 0 aliphatic heterocycles. The lowest BCUT2D eigenvalue weighted by Gasteiger charge is -2.06. The quantitative estimate of drug-likeness (QED) is 0.919. The van der Waals surface area contributed by atoms with E-state index < -0.39 is 5.97 Å². The number of benzene rings is 1. The van der Waals surface area contributed by atoms with E-state index in [1.807, 2.05) is 44.2 Å². The number of carboxylic acids is 1. The van der Waals surface area contributed by atoms with Gasteiger partial charge >= 0.3 is 5.97 Å². The number of hydrogen-bond donors (Lipinski definition) is 1. The van der Waals surface area contributed by atoms with E-state index in [1.165, 1.54) is 0 Å². The van der Waals surface area contributed by atoms with Gasteiger partial charge in [0.05, 0.1) is 6.10 Å². The molecule has 0 saturated heterocycles. The fourth-order valence-corrected chi connectivity index (χ4v) is 2.29. The molecule has 0 aliphatic carbocycles. The minimum absolute atomic E-state index is 0.103. The van der Waals surface area contributed by atoms with Crippen molar-refractivity contribution in [1.29, 1.82) is 0 Å². The number of ether oxygens (including phenoxy) is 1. The molecule has 0 unspecified atom stereocenters. The van der Waals surface area contributed by atoms with Crippen LogP contribution >= 0.6 is 11.3 Å². The summed E-state index contributed by atoms with van der Waals surface area (Å²) in [6, 6.07) is 9.47. The highest BCUT2D eigenvalue weighted by atomic mass is 32.1. The minimum Gasteiger partial charge on any atom is -0.477 e. The summed E-state index contributed by atoms with van der Waals surface area (Å²) >= 11 is 1.13. The van der Waals surface area contributed by atoms with Gasteiger partial charge in [-0.05, 0) is 13.8 Å². The zero-order valence-corrected chi connectivity index (χ0v) is 10.9. The molecule has 0 amide bonds. The normalized spacial score (nSPS) is 10.6. The van der Waals surface area contributed by atoms with Crippen LogP contribution in [0, 0.1) is 0 Å². The molecular formula is C13H13NO3S. The zero-order valence-electron chi connectivity index (χ0n) is 10.1. The van der Waals surface area contributed by atoms with Crippen LogP contribution in [0.25, 0.3) is 10.6 Å². The van der Waals surface area contributed by atoms with Gasteiger partial charge < -0.3 is 9.84 Å². The summed E-state index contributed by atoms with van der Waals surface area (Å²) in [5.41, 5.74) is 0.892. The first-order valence-corrected chi connectivity index (χ1v) is 6.35. The third-order valence-corrected chi connectivity index (χ3v) is 3.23. The summed E-state index contributed by atoms with van der Waals surface area (Å²) in [4.78, 5) is 15.5. The summed E-state index contributed by atoms with van der Waals surface area (Å²) in [5, 5.41) is 9.79. The number of rotatable bonds is 4. The Bertz CT molecular complexity index is 549. The van der Waals surface area contributed by atoms with Crippen molar-refractivity contribution in [3.8, 4) is 16.5 Å². The lowest BCUT2D eigenvalue weighted by atomic mass is 10.2. The summed E-state index contributed by atoms with van der Waals surface area (Å²) < 4.78 is 5.43. The van der Waals surface area contributed by atoms with Crippen LogP contribution in [0.2, 0.25) is 0 Å². The Morgan fingerprint density at radius 3 is 2.56 bits per heavy atom. The zero-order chi connectivity index (χ0) is 13.1.